The summed E-state index contributed by atoms with van der Waals surface area (Å²) in [6.07, 6.45) is 0. The first-order valence-corrected chi connectivity index (χ1v) is 8.27. The number of anilines is 1. The number of aryl methyl sites for hydroxylation is 1. The Labute approximate surface area is 137 Å². The van der Waals surface area contributed by atoms with Crippen molar-refractivity contribution in [3.63, 3.8) is 0 Å². The number of H-pyrrole nitrogens is 1. The maximum atomic E-state index is 12.5. The molecule has 1 saturated heterocycles. The Balaban J connectivity index is 1.46. The number of nitrogens with one attached hydrogen (secondary N) is 1. The number of nitrogens with zero attached hydrogens (tertiary/aromatic N) is 5. The van der Waals surface area contributed by atoms with E-state index in [4.69, 9.17) is 0 Å². The second kappa shape index (κ2) is 5.62. The van der Waals surface area contributed by atoms with Gasteiger partial charge in [-0.15, -0.1) is 5.10 Å². The fourth-order valence-electron chi connectivity index (χ4n) is 2.78. The minimum absolute atomic E-state index is 0.0294. The minimum Gasteiger partial charge on any atom is -0.339 e. The predicted molar refractivity (Wildman–Crippen MR) is 88.9 cm³/mol. The van der Waals surface area contributed by atoms with Crippen LogP contribution in [0.15, 0.2) is 24.3 Å². The Morgan fingerprint density at radius 3 is 2.70 bits per heavy atom. The van der Waals surface area contributed by atoms with Gasteiger partial charge in [0, 0.05) is 26.2 Å². The number of imidazole rings is 1. The third-order valence-corrected chi connectivity index (χ3v) is 4.90. The van der Waals surface area contributed by atoms with Gasteiger partial charge in [-0.05, 0) is 30.6 Å². The number of aromatic amines is 1. The number of aromatic nitrogens is 4. The van der Waals surface area contributed by atoms with Gasteiger partial charge in [0.05, 0.1) is 16.7 Å². The van der Waals surface area contributed by atoms with Crippen LogP contribution in [-0.4, -0.2) is 56.5 Å². The van der Waals surface area contributed by atoms with Gasteiger partial charge in [0.15, 0.2) is 0 Å². The van der Waals surface area contributed by atoms with Crippen molar-refractivity contribution in [2.45, 2.75) is 6.92 Å². The largest absolute Gasteiger partial charge is 0.339 e. The Kier molecular flexibility index (Phi) is 3.45. The van der Waals surface area contributed by atoms with Crippen LogP contribution in [0.4, 0.5) is 5.95 Å². The number of carbonyl (C=O) groups excluding carboxylic acids is 1. The van der Waals surface area contributed by atoms with E-state index in [0.717, 1.165) is 30.1 Å². The molecule has 1 amide bonds. The number of piperazine rings is 1. The number of carbonyl (C=O) groups is 1. The van der Waals surface area contributed by atoms with Gasteiger partial charge >= 0.3 is 0 Å². The van der Waals surface area contributed by atoms with Crippen LogP contribution < -0.4 is 4.90 Å². The van der Waals surface area contributed by atoms with Crippen molar-refractivity contribution in [1.82, 2.24) is 24.5 Å². The van der Waals surface area contributed by atoms with E-state index < -0.39 is 0 Å². The zero-order valence-electron chi connectivity index (χ0n) is 12.7. The molecule has 1 N–H and O–H groups in total. The van der Waals surface area contributed by atoms with Gasteiger partial charge < -0.3 is 14.8 Å². The molecule has 0 radical (unpaired) electrons. The van der Waals surface area contributed by atoms with Crippen LogP contribution in [0.2, 0.25) is 0 Å². The molecule has 3 heterocycles. The molecule has 1 fully saturated rings. The Morgan fingerprint density at radius 1 is 1.22 bits per heavy atom. The summed E-state index contributed by atoms with van der Waals surface area (Å²) in [6.45, 7) is 4.69. The maximum Gasteiger partial charge on any atom is 0.267 e. The second-order valence-electron chi connectivity index (χ2n) is 5.54. The van der Waals surface area contributed by atoms with Gasteiger partial charge in [-0.3, -0.25) is 4.79 Å². The molecule has 0 aliphatic carbocycles. The molecular weight excluding hydrogens is 312 g/mol. The molecule has 1 aliphatic heterocycles. The Morgan fingerprint density at radius 2 is 2.00 bits per heavy atom. The quantitative estimate of drug-likeness (QED) is 0.774. The molecule has 0 bridgehead atoms. The third kappa shape index (κ3) is 2.55. The summed E-state index contributed by atoms with van der Waals surface area (Å²) in [5.74, 6) is 0.899. The monoisotopic (exact) mass is 328 g/mol. The van der Waals surface area contributed by atoms with Crippen LogP contribution in [0.25, 0.3) is 11.0 Å². The summed E-state index contributed by atoms with van der Waals surface area (Å²) in [7, 11) is 0. The highest BCUT2D eigenvalue weighted by molar-refractivity contribution is 7.07. The van der Waals surface area contributed by atoms with Gasteiger partial charge in [0.2, 0.25) is 5.95 Å². The molecule has 1 aliphatic rings. The Bertz CT molecular complexity index is 815. The van der Waals surface area contributed by atoms with Crippen LogP contribution in [0.5, 0.6) is 0 Å². The highest BCUT2D eigenvalue weighted by Crippen LogP contribution is 2.20. The summed E-state index contributed by atoms with van der Waals surface area (Å²) in [5.41, 5.74) is 2.71. The summed E-state index contributed by atoms with van der Waals surface area (Å²) in [4.78, 5) is 25.1. The minimum atomic E-state index is 0.0294. The van der Waals surface area contributed by atoms with Crippen LogP contribution in [-0.2, 0) is 0 Å². The SMILES string of the molecule is Cc1nnsc1C(=O)N1CCN(c2nc3ccccc3[nH]2)CC1. The lowest BCUT2D eigenvalue weighted by Crippen LogP contribution is -2.49. The number of benzene rings is 1. The number of rotatable bonds is 2. The van der Waals surface area contributed by atoms with Gasteiger partial charge in [0.25, 0.3) is 5.91 Å². The molecule has 118 valence electrons. The average molecular weight is 328 g/mol. The van der Waals surface area contributed by atoms with Crippen LogP contribution >= 0.6 is 11.5 Å². The molecule has 0 atom stereocenters. The molecule has 0 spiro atoms. The van der Waals surface area contributed by atoms with Crippen molar-refractivity contribution in [3.05, 3.63) is 34.8 Å². The summed E-state index contributed by atoms with van der Waals surface area (Å²) < 4.78 is 3.84. The summed E-state index contributed by atoms with van der Waals surface area (Å²) in [5, 5.41) is 3.91. The molecule has 3 aromatic rings. The van der Waals surface area contributed by atoms with Crippen molar-refractivity contribution in [2.24, 2.45) is 0 Å². The number of hydrogen-bond acceptors (Lipinski definition) is 6. The molecule has 23 heavy (non-hydrogen) atoms. The number of para-hydroxylation sites is 2. The van der Waals surface area contributed by atoms with Crippen molar-refractivity contribution in [1.29, 1.82) is 0 Å². The van der Waals surface area contributed by atoms with Gasteiger partial charge in [-0.1, -0.05) is 16.6 Å². The highest BCUT2D eigenvalue weighted by atomic mass is 32.1. The van der Waals surface area contributed by atoms with Crippen molar-refractivity contribution in [2.75, 3.05) is 31.1 Å². The van der Waals surface area contributed by atoms with E-state index >= 15 is 0 Å². The zero-order chi connectivity index (χ0) is 15.8. The van der Waals surface area contributed by atoms with Crippen molar-refractivity contribution in [3.8, 4) is 0 Å². The molecular formula is C15H16N6OS. The van der Waals surface area contributed by atoms with E-state index in [9.17, 15) is 4.79 Å². The van der Waals surface area contributed by atoms with Crippen molar-refractivity contribution < 1.29 is 4.79 Å². The Hall–Kier alpha value is -2.48. The molecule has 1 aromatic carbocycles. The van der Waals surface area contributed by atoms with E-state index in [1.54, 1.807) is 0 Å². The van der Waals surface area contributed by atoms with Gasteiger partial charge in [-0.2, -0.15) is 0 Å². The van der Waals surface area contributed by atoms with Crippen LogP contribution in [0.1, 0.15) is 15.4 Å². The number of fused-ring (bicyclic) bond motifs is 1. The lowest BCUT2D eigenvalue weighted by Gasteiger charge is -2.34. The number of hydrogen-bond donors (Lipinski definition) is 1. The lowest BCUT2D eigenvalue weighted by atomic mass is 10.3. The normalized spacial score (nSPS) is 15.3. The second-order valence-corrected chi connectivity index (χ2v) is 6.30. The molecule has 4 rings (SSSR count). The molecule has 0 unspecified atom stereocenters. The summed E-state index contributed by atoms with van der Waals surface area (Å²) >= 11 is 1.17. The first kappa shape index (κ1) is 14.1. The zero-order valence-corrected chi connectivity index (χ0v) is 13.5. The lowest BCUT2D eigenvalue weighted by molar-refractivity contribution is 0.0750. The smallest absolute Gasteiger partial charge is 0.267 e. The first-order valence-electron chi connectivity index (χ1n) is 7.50. The average Bonchev–Trinajstić information content (AvgIpc) is 3.20. The third-order valence-electron chi connectivity index (χ3n) is 4.09. The molecule has 0 saturated carbocycles. The summed E-state index contributed by atoms with van der Waals surface area (Å²) in [6, 6.07) is 7.99. The van der Waals surface area contributed by atoms with Crippen LogP contribution in [0, 0.1) is 6.92 Å². The van der Waals surface area contributed by atoms with E-state index in [1.807, 2.05) is 36.1 Å². The fourth-order valence-corrected chi connectivity index (χ4v) is 3.41. The highest BCUT2D eigenvalue weighted by Gasteiger charge is 2.26. The molecule has 7 nitrogen and oxygen atoms in total. The van der Waals surface area contributed by atoms with Crippen LogP contribution in [0.3, 0.4) is 0 Å². The van der Waals surface area contributed by atoms with E-state index in [2.05, 4.69) is 24.5 Å². The first-order chi connectivity index (χ1) is 11.2. The maximum absolute atomic E-state index is 12.5. The fraction of sp³-hybridized carbons (Fsp3) is 0.333. The van der Waals surface area contributed by atoms with E-state index in [0.29, 0.717) is 23.7 Å². The van der Waals surface area contributed by atoms with E-state index in [-0.39, 0.29) is 5.91 Å². The van der Waals surface area contributed by atoms with E-state index in [1.165, 1.54) is 11.5 Å². The number of amides is 1. The molecule has 2 aromatic heterocycles. The topological polar surface area (TPSA) is 78.0 Å². The standard InChI is InChI=1S/C15H16N6OS/c1-10-13(23-19-18-10)14(22)20-6-8-21(9-7-20)15-16-11-4-2-3-5-12(11)17-15/h2-5H,6-9H2,1H3,(H,16,17). The van der Waals surface area contributed by atoms with Gasteiger partial charge in [0.1, 0.15) is 4.88 Å². The molecule has 8 heteroatoms. The predicted octanol–water partition coefficient (Wildman–Crippen LogP) is 1.69. The van der Waals surface area contributed by atoms with Gasteiger partial charge in [-0.25, -0.2) is 4.98 Å². The van der Waals surface area contributed by atoms with Crippen molar-refractivity contribution >= 4 is 34.4 Å².